The van der Waals surface area contributed by atoms with E-state index in [1.54, 1.807) is 24.3 Å². The number of aromatic nitrogens is 1. The maximum absolute atomic E-state index is 12.3. The third kappa shape index (κ3) is 3.18. The Balaban J connectivity index is 1.94. The van der Waals surface area contributed by atoms with Crippen molar-refractivity contribution in [1.29, 1.82) is 0 Å². The largest absolute Gasteiger partial charge is 0.506 e. The van der Waals surface area contributed by atoms with E-state index in [9.17, 15) is 19.5 Å². The molecule has 6 heteroatoms. The number of pyridine rings is 1. The Labute approximate surface area is 141 Å². The Bertz CT molecular complexity index is 1060. The number of hydrogen-bond donors (Lipinski definition) is 3. The summed E-state index contributed by atoms with van der Waals surface area (Å²) in [7, 11) is 0. The van der Waals surface area contributed by atoms with Gasteiger partial charge in [0.2, 0.25) is 0 Å². The second-order valence-electron chi connectivity index (χ2n) is 5.35. The highest BCUT2D eigenvalue weighted by Gasteiger charge is 2.16. The molecule has 0 aliphatic carbocycles. The van der Waals surface area contributed by atoms with E-state index >= 15 is 0 Å². The number of fused-ring (bicyclic) bond motifs is 1. The molecule has 0 bridgehead atoms. The lowest BCUT2D eigenvalue weighted by molar-refractivity contribution is 0.0696. The number of carbonyl (C=O) groups excluding carboxylic acids is 1. The summed E-state index contributed by atoms with van der Waals surface area (Å²) in [6.45, 7) is 0. The van der Waals surface area contributed by atoms with Crippen LogP contribution in [0, 0.1) is 0 Å². The lowest BCUT2D eigenvalue weighted by Crippen LogP contribution is -2.16. The molecule has 0 aliphatic rings. The lowest BCUT2D eigenvalue weighted by Gasteiger charge is -2.04. The van der Waals surface area contributed by atoms with E-state index in [1.807, 2.05) is 0 Å². The zero-order valence-corrected chi connectivity index (χ0v) is 12.9. The van der Waals surface area contributed by atoms with Gasteiger partial charge < -0.3 is 15.2 Å². The quantitative estimate of drug-likeness (QED) is 0.502. The summed E-state index contributed by atoms with van der Waals surface area (Å²) in [6, 6.07) is 12.5. The van der Waals surface area contributed by atoms with Crippen molar-refractivity contribution < 1.29 is 19.8 Å². The zero-order chi connectivity index (χ0) is 18.0. The van der Waals surface area contributed by atoms with Crippen LogP contribution >= 0.6 is 0 Å². The van der Waals surface area contributed by atoms with Gasteiger partial charge >= 0.3 is 5.97 Å². The molecule has 25 heavy (non-hydrogen) atoms. The number of allylic oxidation sites excluding steroid dienone is 1. The molecular formula is C19H13NO5. The average Bonchev–Trinajstić information content (AvgIpc) is 2.60. The van der Waals surface area contributed by atoms with Crippen LogP contribution in [-0.2, 0) is 0 Å². The molecule has 124 valence electrons. The molecule has 0 spiro atoms. The second kappa shape index (κ2) is 6.45. The Morgan fingerprint density at radius 1 is 1.00 bits per heavy atom. The smallest absolute Gasteiger partial charge is 0.335 e. The van der Waals surface area contributed by atoms with Crippen molar-refractivity contribution in [3.8, 4) is 5.75 Å². The number of nitrogens with one attached hydrogen (secondary N) is 1. The van der Waals surface area contributed by atoms with Crippen molar-refractivity contribution in [2.45, 2.75) is 0 Å². The van der Waals surface area contributed by atoms with Gasteiger partial charge in [-0.05, 0) is 35.9 Å². The van der Waals surface area contributed by atoms with Crippen LogP contribution in [0.1, 0.15) is 26.3 Å². The minimum absolute atomic E-state index is 0.132. The van der Waals surface area contributed by atoms with Crippen LogP contribution in [-0.4, -0.2) is 26.9 Å². The van der Waals surface area contributed by atoms with Gasteiger partial charge in [0.1, 0.15) is 11.3 Å². The molecule has 0 saturated heterocycles. The second-order valence-corrected chi connectivity index (χ2v) is 5.35. The first-order valence-electron chi connectivity index (χ1n) is 7.37. The molecule has 6 nitrogen and oxygen atoms in total. The van der Waals surface area contributed by atoms with Gasteiger partial charge in [-0.1, -0.05) is 30.3 Å². The molecule has 0 atom stereocenters. The van der Waals surface area contributed by atoms with E-state index in [0.717, 1.165) is 6.08 Å². The first-order chi connectivity index (χ1) is 12.0. The van der Waals surface area contributed by atoms with Crippen LogP contribution in [0.2, 0.25) is 0 Å². The third-order valence-corrected chi connectivity index (χ3v) is 3.73. The van der Waals surface area contributed by atoms with Crippen molar-refractivity contribution in [3.63, 3.8) is 0 Å². The minimum Gasteiger partial charge on any atom is -0.506 e. The fourth-order valence-electron chi connectivity index (χ4n) is 2.45. The summed E-state index contributed by atoms with van der Waals surface area (Å²) in [4.78, 5) is 37.8. The molecule has 0 fully saturated rings. The van der Waals surface area contributed by atoms with Crippen LogP contribution in [0.4, 0.5) is 0 Å². The molecule has 3 aromatic rings. The molecule has 0 aliphatic heterocycles. The summed E-state index contributed by atoms with van der Waals surface area (Å²) < 4.78 is 0. The number of ketones is 1. The van der Waals surface area contributed by atoms with Gasteiger partial charge in [-0.15, -0.1) is 0 Å². The number of rotatable bonds is 4. The molecule has 3 rings (SSSR count). The van der Waals surface area contributed by atoms with Crippen molar-refractivity contribution in [1.82, 2.24) is 4.98 Å². The van der Waals surface area contributed by atoms with Gasteiger partial charge in [-0.2, -0.15) is 0 Å². The standard InChI is InChI=1S/C19H13NO5/c21-15(10-7-11-5-8-12(9-6-11)19(24)25)16-17(22)13-3-1-2-4-14(13)20-18(16)23/h1-10H,(H,24,25)(H2,20,22,23)/b10-7+. The predicted molar refractivity (Wildman–Crippen MR) is 93.0 cm³/mol. The van der Waals surface area contributed by atoms with Crippen LogP contribution in [0.5, 0.6) is 5.75 Å². The van der Waals surface area contributed by atoms with Crippen LogP contribution in [0.25, 0.3) is 17.0 Å². The number of aromatic amines is 1. The van der Waals surface area contributed by atoms with Crippen molar-refractivity contribution in [2.75, 3.05) is 0 Å². The highest BCUT2D eigenvalue weighted by molar-refractivity contribution is 6.11. The molecule has 1 heterocycles. The van der Waals surface area contributed by atoms with Gasteiger partial charge in [-0.3, -0.25) is 9.59 Å². The number of para-hydroxylation sites is 1. The van der Waals surface area contributed by atoms with Gasteiger partial charge in [0.15, 0.2) is 5.78 Å². The molecule has 0 radical (unpaired) electrons. The van der Waals surface area contributed by atoms with Crippen molar-refractivity contribution >= 4 is 28.7 Å². The van der Waals surface area contributed by atoms with E-state index in [-0.39, 0.29) is 16.9 Å². The lowest BCUT2D eigenvalue weighted by atomic mass is 10.1. The molecule has 1 aromatic heterocycles. The molecule has 0 amide bonds. The van der Waals surface area contributed by atoms with Crippen LogP contribution < -0.4 is 5.56 Å². The Morgan fingerprint density at radius 2 is 1.68 bits per heavy atom. The Kier molecular flexibility index (Phi) is 4.18. The number of hydrogen-bond acceptors (Lipinski definition) is 4. The fourth-order valence-corrected chi connectivity index (χ4v) is 2.45. The number of benzene rings is 2. The monoisotopic (exact) mass is 335 g/mol. The van der Waals surface area contributed by atoms with Gasteiger partial charge in [0, 0.05) is 5.39 Å². The number of carboxylic acid groups (broad SMARTS) is 1. The Hall–Kier alpha value is -3.67. The molecule has 0 unspecified atom stereocenters. The number of carboxylic acids is 1. The van der Waals surface area contributed by atoms with Gasteiger partial charge in [0.25, 0.3) is 5.56 Å². The number of carbonyl (C=O) groups is 2. The van der Waals surface area contributed by atoms with E-state index in [4.69, 9.17) is 5.11 Å². The summed E-state index contributed by atoms with van der Waals surface area (Å²) in [5.74, 6) is -2.05. The SMILES string of the molecule is O=C(O)c1ccc(/C=C/C(=O)c2c(O)c3ccccc3[nH]c2=O)cc1. The van der Waals surface area contributed by atoms with E-state index in [2.05, 4.69) is 4.98 Å². The summed E-state index contributed by atoms with van der Waals surface area (Å²) in [6.07, 6.45) is 2.61. The van der Waals surface area contributed by atoms with Crippen LogP contribution in [0.3, 0.4) is 0 Å². The number of H-pyrrole nitrogens is 1. The van der Waals surface area contributed by atoms with E-state index in [1.165, 1.54) is 30.3 Å². The summed E-state index contributed by atoms with van der Waals surface area (Å²) in [5.41, 5.74) is 0.154. The number of aromatic carboxylic acids is 1. The first kappa shape index (κ1) is 16.2. The van der Waals surface area contributed by atoms with Crippen LogP contribution in [0.15, 0.2) is 59.4 Å². The fraction of sp³-hybridized carbons (Fsp3) is 0. The van der Waals surface area contributed by atoms with E-state index < -0.39 is 17.3 Å². The van der Waals surface area contributed by atoms with Crippen molar-refractivity contribution in [3.05, 3.63) is 81.7 Å². The zero-order valence-electron chi connectivity index (χ0n) is 12.9. The number of aromatic hydroxyl groups is 1. The van der Waals surface area contributed by atoms with Gasteiger partial charge in [0.05, 0.1) is 11.1 Å². The summed E-state index contributed by atoms with van der Waals surface area (Å²) >= 11 is 0. The molecular weight excluding hydrogens is 322 g/mol. The third-order valence-electron chi connectivity index (χ3n) is 3.73. The maximum Gasteiger partial charge on any atom is 0.335 e. The predicted octanol–water partition coefficient (Wildman–Crippen LogP) is 2.83. The Morgan fingerprint density at radius 3 is 2.36 bits per heavy atom. The highest BCUT2D eigenvalue weighted by Crippen LogP contribution is 2.25. The first-order valence-corrected chi connectivity index (χ1v) is 7.37. The minimum atomic E-state index is -1.04. The normalized spacial score (nSPS) is 11.0. The van der Waals surface area contributed by atoms with Gasteiger partial charge in [-0.25, -0.2) is 4.79 Å². The summed E-state index contributed by atoms with van der Waals surface area (Å²) in [5, 5.41) is 19.5. The topological polar surface area (TPSA) is 107 Å². The molecule has 0 saturated carbocycles. The van der Waals surface area contributed by atoms with Crippen molar-refractivity contribution in [2.24, 2.45) is 0 Å². The van der Waals surface area contributed by atoms with E-state index in [0.29, 0.717) is 16.5 Å². The molecule has 2 aromatic carbocycles. The average molecular weight is 335 g/mol. The highest BCUT2D eigenvalue weighted by atomic mass is 16.4. The maximum atomic E-state index is 12.3. The molecule has 3 N–H and O–H groups in total.